The van der Waals surface area contributed by atoms with Gasteiger partial charge in [0.25, 0.3) is 5.91 Å². The summed E-state index contributed by atoms with van der Waals surface area (Å²) < 4.78 is 5.58. The second kappa shape index (κ2) is 6.94. The lowest BCUT2D eigenvalue weighted by molar-refractivity contribution is 0.0999. The number of hydrogen-bond donors (Lipinski definition) is 1. The Morgan fingerprint density at radius 3 is 2.88 bits per heavy atom. The Morgan fingerprint density at radius 1 is 1.23 bits per heavy atom. The monoisotopic (exact) mass is 382 g/mol. The normalized spacial score (nSPS) is 11.0. The van der Waals surface area contributed by atoms with E-state index >= 15 is 0 Å². The van der Waals surface area contributed by atoms with Crippen LogP contribution in [0.4, 0.5) is 5.13 Å². The van der Waals surface area contributed by atoms with Crippen LogP contribution < -0.4 is 5.32 Å². The van der Waals surface area contributed by atoms with Gasteiger partial charge in [-0.25, -0.2) is 4.98 Å². The molecule has 0 aliphatic rings. The fourth-order valence-electron chi connectivity index (χ4n) is 2.78. The van der Waals surface area contributed by atoms with Crippen LogP contribution in [0.2, 0.25) is 5.02 Å². The van der Waals surface area contributed by atoms with Crippen molar-refractivity contribution in [3.63, 3.8) is 0 Å². The molecule has 0 atom stereocenters. The van der Waals surface area contributed by atoms with Crippen molar-refractivity contribution in [3.8, 4) is 0 Å². The van der Waals surface area contributed by atoms with Gasteiger partial charge in [0.15, 0.2) is 5.13 Å². The molecule has 0 radical (unpaired) electrons. The number of fused-ring (bicyclic) bond motifs is 1. The molecule has 0 spiro atoms. The summed E-state index contributed by atoms with van der Waals surface area (Å²) in [4.78, 5) is 17.9. The van der Waals surface area contributed by atoms with Crippen molar-refractivity contribution in [2.24, 2.45) is 0 Å². The minimum atomic E-state index is -0.400. The largest absolute Gasteiger partial charge is 0.449 e. The predicted octanol–water partition coefficient (Wildman–Crippen LogP) is 5.69. The molecule has 1 N–H and O–H groups in total. The predicted molar refractivity (Wildman–Crippen MR) is 105 cm³/mol. The van der Waals surface area contributed by atoms with Crippen molar-refractivity contribution < 1.29 is 9.21 Å². The number of aryl methyl sites for hydroxylation is 1. The van der Waals surface area contributed by atoms with Crippen LogP contribution in [0.15, 0.2) is 59.1 Å². The number of furan rings is 1. The molecule has 0 unspecified atom stereocenters. The molecule has 2 heterocycles. The molecule has 2 aromatic carbocycles. The Labute approximate surface area is 159 Å². The van der Waals surface area contributed by atoms with Gasteiger partial charge in [0, 0.05) is 22.9 Å². The zero-order valence-corrected chi connectivity index (χ0v) is 15.5. The number of thiazole rings is 1. The van der Waals surface area contributed by atoms with Gasteiger partial charge in [-0.2, -0.15) is 0 Å². The van der Waals surface area contributed by atoms with Gasteiger partial charge in [0.05, 0.1) is 5.02 Å². The van der Waals surface area contributed by atoms with Gasteiger partial charge in [-0.15, -0.1) is 11.3 Å². The van der Waals surface area contributed by atoms with Crippen LogP contribution in [0, 0.1) is 6.92 Å². The Balaban J connectivity index is 1.51. The van der Waals surface area contributed by atoms with Crippen molar-refractivity contribution in [3.05, 3.63) is 81.5 Å². The summed E-state index contributed by atoms with van der Waals surface area (Å²) in [5.74, 6) is -0.300. The van der Waals surface area contributed by atoms with Crippen LogP contribution >= 0.6 is 22.9 Å². The standard InChI is InChI=1S/C20H15ClN2O2S/c1-12-5-4-6-13(9-12)10-14-11-22-20(26-14)23-19(24)18-17(21)15-7-2-3-8-16(15)25-18/h2-9,11H,10H2,1H3,(H,22,23,24). The molecule has 2 aromatic heterocycles. The number of para-hydroxylation sites is 1. The zero-order valence-electron chi connectivity index (χ0n) is 14.0. The first-order valence-corrected chi connectivity index (χ1v) is 9.28. The van der Waals surface area contributed by atoms with E-state index in [1.165, 1.54) is 22.5 Å². The molecule has 4 nitrogen and oxygen atoms in total. The quantitative estimate of drug-likeness (QED) is 0.493. The van der Waals surface area contributed by atoms with E-state index in [1.54, 1.807) is 12.3 Å². The highest BCUT2D eigenvalue weighted by Crippen LogP contribution is 2.31. The Bertz CT molecular complexity index is 1100. The highest BCUT2D eigenvalue weighted by molar-refractivity contribution is 7.15. The first kappa shape index (κ1) is 16.8. The number of halogens is 1. The minimum Gasteiger partial charge on any atom is -0.449 e. The SMILES string of the molecule is Cc1cccc(Cc2cnc(NC(=O)c3oc4ccccc4c3Cl)s2)c1. The molecule has 0 aliphatic carbocycles. The van der Waals surface area contributed by atoms with Crippen LogP contribution in [-0.2, 0) is 6.42 Å². The summed E-state index contributed by atoms with van der Waals surface area (Å²) >= 11 is 7.72. The number of nitrogens with zero attached hydrogens (tertiary/aromatic N) is 1. The highest BCUT2D eigenvalue weighted by Gasteiger charge is 2.20. The molecule has 4 aromatic rings. The number of carbonyl (C=O) groups is 1. The Hall–Kier alpha value is -2.63. The molecular weight excluding hydrogens is 368 g/mol. The molecule has 4 rings (SSSR count). The van der Waals surface area contributed by atoms with Crippen molar-refractivity contribution >= 4 is 44.9 Å². The van der Waals surface area contributed by atoms with Crippen LogP contribution in [0.3, 0.4) is 0 Å². The lowest BCUT2D eigenvalue weighted by atomic mass is 10.1. The van der Waals surface area contributed by atoms with E-state index < -0.39 is 5.91 Å². The second-order valence-corrected chi connectivity index (χ2v) is 7.49. The van der Waals surface area contributed by atoms with E-state index in [0.717, 1.165) is 16.7 Å². The number of carbonyl (C=O) groups excluding carboxylic acids is 1. The Kier molecular flexibility index (Phi) is 4.49. The van der Waals surface area contributed by atoms with Gasteiger partial charge < -0.3 is 4.42 Å². The molecule has 0 saturated carbocycles. The fourth-order valence-corrected chi connectivity index (χ4v) is 3.91. The third kappa shape index (κ3) is 3.36. The summed E-state index contributed by atoms with van der Waals surface area (Å²) in [6.45, 7) is 2.07. The number of amides is 1. The smallest absolute Gasteiger partial charge is 0.294 e. The van der Waals surface area contributed by atoms with Gasteiger partial charge in [0.2, 0.25) is 5.76 Å². The Morgan fingerprint density at radius 2 is 2.08 bits per heavy atom. The van der Waals surface area contributed by atoms with Gasteiger partial charge in [-0.3, -0.25) is 10.1 Å². The lowest BCUT2D eigenvalue weighted by Crippen LogP contribution is -2.10. The van der Waals surface area contributed by atoms with Gasteiger partial charge in [-0.1, -0.05) is 53.6 Å². The summed E-state index contributed by atoms with van der Waals surface area (Å²) in [6.07, 6.45) is 2.56. The summed E-state index contributed by atoms with van der Waals surface area (Å²) in [5, 5.41) is 4.33. The highest BCUT2D eigenvalue weighted by atomic mass is 35.5. The third-order valence-electron chi connectivity index (χ3n) is 3.98. The molecule has 0 bridgehead atoms. The summed E-state index contributed by atoms with van der Waals surface area (Å²) in [7, 11) is 0. The van der Waals surface area contributed by atoms with Crippen LogP contribution in [0.1, 0.15) is 26.6 Å². The maximum absolute atomic E-state index is 12.5. The lowest BCUT2D eigenvalue weighted by Gasteiger charge is -2.00. The number of nitrogens with one attached hydrogen (secondary N) is 1. The first-order chi connectivity index (χ1) is 12.6. The average Bonchev–Trinajstić information content (AvgIpc) is 3.20. The molecular formula is C20H15ClN2O2S. The van der Waals surface area contributed by atoms with Crippen molar-refractivity contribution in [2.75, 3.05) is 5.32 Å². The van der Waals surface area contributed by atoms with Crippen LogP contribution in [0.25, 0.3) is 11.0 Å². The molecule has 1 amide bonds. The molecule has 0 aliphatic heterocycles. The van der Waals surface area contributed by atoms with E-state index in [0.29, 0.717) is 15.7 Å². The molecule has 0 fully saturated rings. The van der Waals surface area contributed by atoms with Gasteiger partial charge in [0.1, 0.15) is 5.58 Å². The number of benzene rings is 2. The number of anilines is 1. The van der Waals surface area contributed by atoms with E-state index in [4.69, 9.17) is 16.0 Å². The maximum Gasteiger partial charge on any atom is 0.294 e. The van der Waals surface area contributed by atoms with Crippen LogP contribution in [-0.4, -0.2) is 10.9 Å². The second-order valence-electron chi connectivity index (χ2n) is 5.99. The summed E-state index contributed by atoms with van der Waals surface area (Å²) in [5.41, 5.74) is 3.02. The van der Waals surface area contributed by atoms with E-state index in [2.05, 4.69) is 35.4 Å². The van der Waals surface area contributed by atoms with Crippen molar-refractivity contribution in [2.45, 2.75) is 13.3 Å². The molecule has 6 heteroatoms. The number of hydrogen-bond acceptors (Lipinski definition) is 4. The minimum absolute atomic E-state index is 0.100. The molecule has 26 heavy (non-hydrogen) atoms. The summed E-state index contributed by atoms with van der Waals surface area (Å²) in [6, 6.07) is 15.6. The topological polar surface area (TPSA) is 55.1 Å². The van der Waals surface area contributed by atoms with Crippen molar-refractivity contribution in [1.29, 1.82) is 0 Å². The average molecular weight is 383 g/mol. The number of rotatable bonds is 4. The zero-order chi connectivity index (χ0) is 18.1. The maximum atomic E-state index is 12.5. The van der Waals surface area contributed by atoms with E-state index in [9.17, 15) is 4.79 Å². The van der Waals surface area contributed by atoms with E-state index in [-0.39, 0.29) is 5.76 Å². The van der Waals surface area contributed by atoms with Crippen molar-refractivity contribution in [1.82, 2.24) is 4.98 Å². The van der Waals surface area contributed by atoms with E-state index in [1.807, 2.05) is 24.3 Å². The fraction of sp³-hybridized carbons (Fsp3) is 0.100. The van der Waals surface area contributed by atoms with Crippen LogP contribution in [0.5, 0.6) is 0 Å². The number of aromatic nitrogens is 1. The first-order valence-electron chi connectivity index (χ1n) is 8.09. The molecule has 130 valence electrons. The van der Waals surface area contributed by atoms with Gasteiger partial charge in [-0.05, 0) is 24.6 Å². The van der Waals surface area contributed by atoms with Gasteiger partial charge >= 0.3 is 0 Å². The molecule has 0 saturated heterocycles. The third-order valence-corrected chi connectivity index (χ3v) is 5.26.